The summed E-state index contributed by atoms with van der Waals surface area (Å²) >= 11 is 0. The van der Waals surface area contributed by atoms with Crippen molar-refractivity contribution in [3.8, 4) is 5.75 Å². The molecule has 0 aliphatic carbocycles. The van der Waals surface area contributed by atoms with Gasteiger partial charge < -0.3 is 10.1 Å². The number of nitrogens with one attached hydrogen (secondary N) is 1. The summed E-state index contributed by atoms with van der Waals surface area (Å²) in [6, 6.07) is 17.5. The molecule has 0 heterocycles. The standard InChI is InChI=1S/C17H19NO2/c1-2-20-16-10-8-14(9-11-16)12-17(19)18-13-15-6-4-3-5-7-15/h3-11H,2,12-13H2,1H3,(H,18,19). The van der Waals surface area contributed by atoms with Crippen molar-refractivity contribution in [2.24, 2.45) is 0 Å². The zero-order valence-electron chi connectivity index (χ0n) is 11.6. The van der Waals surface area contributed by atoms with Crippen LogP contribution >= 0.6 is 0 Å². The number of amides is 1. The minimum Gasteiger partial charge on any atom is -0.494 e. The monoisotopic (exact) mass is 269 g/mol. The maximum atomic E-state index is 11.9. The van der Waals surface area contributed by atoms with Crippen LogP contribution in [-0.4, -0.2) is 12.5 Å². The van der Waals surface area contributed by atoms with E-state index in [4.69, 9.17) is 4.74 Å². The molecule has 0 aliphatic rings. The third-order valence-electron chi connectivity index (χ3n) is 2.93. The quantitative estimate of drug-likeness (QED) is 0.875. The maximum absolute atomic E-state index is 11.9. The molecule has 0 radical (unpaired) electrons. The van der Waals surface area contributed by atoms with Gasteiger partial charge in [0.05, 0.1) is 13.0 Å². The van der Waals surface area contributed by atoms with E-state index in [0.717, 1.165) is 16.9 Å². The summed E-state index contributed by atoms with van der Waals surface area (Å²) in [4.78, 5) is 11.9. The molecule has 2 aromatic rings. The van der Waals surface area contributed by atoms with Crippen LogP contribution in [0.25, 0.3) is 0 Å². The number of ether oxygens (including phenoxy) is 1. The molecule has 0 aliphatic heterocycles. The Labute approximate surface area is 119 Å². The highest BCUT2D eigenvalue weighted by molar-refractivity contribution is 5.78. The summed E-state index contributed by atoms with van der Waals surface area (Å²) in [6.07, 6.45) is 0.388. The number of carbonyl (C=O) groups is 1. The molecule has 1 amide bonds. The van der Waals surface area contributed by atoms with E-state index >= 15 is 0 Å². The van der Waals surface area contributed by atoms with Gasteiger partial charge in [0.25, 0.3) is 0 Å². The van der Waals surface area contributed by atoms with Crippen molar-refractivity contribution in [2.75, 3.05) is 6.61 Å². The van der Waals surface area contributed by atoms with Crippen molar-refractivity contribution in [2.45, 2.75) is 19.9 Å². The van der Waals surface area contributed by atoms with Gasteiger partial charge in [0.15, 0.2) is 0 Å². The predicted molar refractivity (Wildman–Crippen MR) is 79.6 cm³/mol. The summed E-state index contributed by atoms with van der Waals surface area (Å²) in [5.74, 6) is 0.860. The first kappa shape index (κ1) is 14.1. The average molecular weight is 269 g/mol. The SMILES string of the molecule is CCOc1ccc(CC(=O)NCc2ccccc2)cc1. The van der Waals surface area contributed by atoms with E-state index in [1.54, 1.807) is 0 Å². The Bertz CT molecular complexity index is 535. The largest absolute Gasteiger partial charge is 0.494 e. The molecule has 0 saturated carbocycles. The lowest BCUT2D eigenvalue weighted by Crippen LogP contribution is -2.24. The molecule has 0 aromatic heterocycles. The van der Waals surface area contributed by atoms with Crippen LogP contribution in [0.2, 0.25) is 0 Å². The smallest absolute Gasteiger partial charge is 0.224 e. The molecule has 3 nitrogen and oxygen atoms in total. The summed E-state index contributed by atoms with van der Waals surface area (Å²) in [5, 5.41) is 2.92. The van der Waals surface area contributed by atoms with Gasteiger partial charge in [-0.25, -0.2) is 0 Å². The highest BCUT2D eigenvalue weighted by Crippen LogP contribution is 2.12. The van der Waals surface area contributed by atoms with Crippen molar-refractivity contribution in [1.82, 2.24) is 5.32 Å². The summed E-state index contributed by atoms with van der Waals surface area (Å²) in [5.41, 5.74) is 2.09. The van der Waals surface area contributed by atoms with E-state index in [0.29, 0.717) is 19.6 Å². The van der Waals surface area contributed by atoms with E-state index in [2.05, 4.69) is 5.32 Å². The fourth-order valence-electron chi connectivity index (χ4n) is 1.91. The minimum absolute atomic E-state index is 0.0259. The summed E-state index contributed by atoms with van der Waals surface area (Å²) < 4.78 is 5.37. The second-order valence-corrected chi connectivity index (χ2v) is 4.52. The van der Waals surface area contributed by atoms with Crippen LogP contribution in [0.15, 0.2) is 54.6 Å². The van der Waals surface area contributed by atoms with E-state index in [-0.39, 0.29) is 5.91 Å². The Morgan fingerprint density at radius 3 is 2.35 bits per heavy atom. The fraction of sp³-hybridized carbons (Fsp3) is 0.235. The van der Waals surface area contributed by atoms with Gasteiger partial charge in [-0.1, -0.05) is 42.5 Å². The van der Waals surface area contributed by atoms with Gasteiger partial charge >= 0.3 is 0 Å². The number of rotatable bonds is 6. The first-order valence-corrected chi connectivity index (χ1v) is 6.80. The second-order valence-electron chi connectivity index (χ2n) is 4.52. The highest BCUT2D eigenvalue weighted by atomic mass is 16.5. The Balaban J connectivity index is 1.82. The Morgan fingerprint density at radius 2 is 1.70 bits per heavy atom. The Kier molecular flexibility index (Phi) is 5.18. The zero-order chi connectivity index (χ0) is 14.2. The number of hydrogen-bond acceptors (Lipinski definition) is 2. The molecule has 20 heavy (non-hydrogen) atoms. The van der Waals surface area contributed by atoms with Crippen LogP contribution in [-0.2, 0) is 17.8 Å². The lowest BCUT2D eigenvalue weighted by molar-refractivity contribution is -0.120. The lowest BCUT2D eigenvalue weighted by Gasteiger charge is -2.07. The van der Waals surface area contributed by atoms with E-state index in [1.807, 2.05) is 61.5 Å². The van der Waals surface area contributed by atoms with Crippen molar-refractivity contribution >= 4 is 5.91 Å². The summed E-state index contributed by atoms with van der Waals surface area (Å²) in [6.45, 7) is 3.17. The normalized spacial score (nSPS) is 10.1. The van der Waals surface area contributed by atoms with Crippen LogP contribution in [0.5, 0.6) is 5.75 Å². The van der Waals surface area contributed by atoms with Gasteiger partial charge in [-0.2, -0.15) is 0 Å². The van der Waals surface area contributed by atoms with E-state index in [1.165, 1.54) is 0 Å². The highest BCUT2D eigenvalue weighted by Gasteiger charge is 2.03. The van der Waals surface area contributed by atoms with Crippen molar-refractivity contribution in [3.63, 3.8) is 0 Å². The first-order chi connectivity index (χ1) is 9.78. The zero-order valence-corrected chi connectivity index (χ0v) is 11.6. The average Bonchev–Trinajstić information content (AvgIpc) is 2.49. The minimum atomic E-state index is 0.0259. The van der Waals surface area contributed by atoms with Crippen LogP contribution in [0, 0.1) is 0 Å². The molecule has 0 saturated heterocycles. The molecule has 0 atom stereocenters. The van der Waals surface area contributed by atoms with Gasteiger partial charge in [-0.15, -0.1) is 0 Å². The molecule has 0 fully saturated rings. The Morgan fingerprint density at radius 1 is 1.00 bits per heavy atom. The molecule has 0 bridgehead atoms. The fourth-order valence-corrected chi connectivity index (χ4v) is 1.91. The van der Waals surface area contributed by atoms with Crippen LogP contribution < -0.4 is 10.1 Å². The van der Waals surface area contributed by atoms with Gasteiger partial charge in [0, 0.05) is 6.54 Å². The molecule has 104 valence electrons. The maximum Gasteiger partial charge on any atom is 0.224 e. The molecular weight excluding hydrogens is 250 g/mol. The van der Waals surface area contributed by atoms with Gasteiger partial charge in [0.1, 0.15) is 5.75 Å². The molecule has 1 N–H and O–H groups in total. The number of hydrogen-bond donors (Lipinski definition) is 1. The van der Waals surface area contributed by atoms with Crippen molar-refractivity contribution in [1.29, 1.82) is 0 Å². The third-order valence-corrected chi connectivity index (χ3v) is 2.93. The molecule has 2 rings (SSSR count). The lowest BCUT2D eigenvalue weighted by atomic mass is 10.1. The third kappa shape index (κ3) is 4.43. The first-order valence-electron chi connectivity index (χ1n) is 6.80. The van der Waals surface area contributed by atoms with Crippen molar-refractivity contribution in [3.05, 3.63) is 65.7 Å². The second kappa shape index (κ2) is 7.34. The molecule has 0 spiro atoms. The molecule has 3 heteroatoms. The van der Waals surface area contributed by atoms with Gasteiger partial charge in [-0.05, 0) is 30.2 Å². The molecular formula is C17H19NO2. The molecule has 0 unspecified atom stereocenters. The summed E-state index contributed by atoms with van der Waals surface area (Å²) in [7, 11) is 0. The van der Waals surface area contributed by atoms with Crippen LogP contribution in [0.3, 0.4) is 0 Å². The topological polar surface area (TPSA) is 38.3 Å². The van der Waals surface area contributed by atoms with Crippen LogP contribution in [0.1, 0.15) is 18.1 Å². The number of benzene rings is 2. The van der Waals surface area contributed by atoms with E-state index in [9.17, 15) is 4.79 Å². The van der Waals surface area contributed by atoms with Gasteiger partial charge in [-0.3, -0.25) is 4.79 Å². The molecule has 2 aromatic carbocycles. The van der Waals surface area contributed by atoms with Crippen LogP contribution in [0.4, 0.5) is 0 Å². The van der Waals surface area contributed by atoms with E-state index < -0.39 is 0 Å². The van der Waals surface area contributed by atoms with Gasteiger partial charge in [0.2, 0.25) is 5.91 Å². The Hall–Kier alpha value is -2.29. The predicted octanol–water partition coefficient (Wildman–Crippen LogP) is 2.94. The number of carbonyl (C=O) groups excluding carboxylic acids is 1. The van der Waals surface area contributed by atoms with Crippen molar-refractivity contribution < 1.29 is 9.53 Å².